The van der Waals surface area contributed by atoms with Crippen molar-refractivity contribution in [3.8, 4) is 0 Å². The zero-order valence-corrected chi connectivity index (χ0v) is 12.4. The minimum atomic E-state index is -0.221. The lowest BCUT2D eigenvalue weighted by atomic mass is 10.0. The number of pyridine rings is 1. The van der Waals surface area contributed by atoms with Crippen molar-refractivity contribution in [2.45, 2.75) is 31.8 Å². The lowest BCUT2D eigenvalue weighted by molar-refractivity contribution is -0.119. The van der Waals surface area contributed by atoms with Gasteiger partial charge in [0.2, 0.25) is 5.91 Å². The number of carbonyl (C=O) groups is 1. The molecule has 1 saturated heterocycles. The molecule has 0 bridgehead atoms. The van der Waals surface area contributed by atoms with Crippen molar-refractivity contribution >= 4 is 29.0 Å². The van der Waals surface area contributed by atoms with Gasteiger partial charge in [0.25, 0.3) is 0 Å². The summed E-state index contributed by atoms with van der Waals surface area (Å²) >= 11 is 6.05. The molecular formula is C14H18ClN3O2. The van der Waals surface area contributed by atoms with Crippen LogP contribution in [-0.2, 0) is 9.53 Å². The number of likely N-dealkylation sites (N-methyl/N-ethyl adjacent to an activating group) is 1. The number of aromatic nitrogens is 1. The monoisotopic (exact) mass is 295 g/mol. The first kappa shape index (κ1) is 13.6. The third kappa shape index (κ3) is 2.15. The molecule has 3 rings (SSSR count). The molecule has 3 heterocycles. The number of hydrogen-bond donors (Lipinski definition) is 0. The Morgan fingerprint density at radius 3 is 2.75 bits per heavy atom. The van der Waals surface area contributed by atoms with Gasteiger partial charge in [0.1, 0.15) is 11.2 Å². The van der Waals surface area contributed by atoms with Crippen LogP contribution >= 0.6 is 11.6 Å². The third-order valence-electron chi connectivity index (χ3n) is 4.12. The van der Waals surface area contributed by atoms with Gasteiger partial charge in [-0.25, -0.2) is 4.98 Å². The van der Waals surface area contributed by atoms with Crippen LogP contribution in [0.2, 0.25) is 5.15 Å². The number of carbonyl (C=O) groups excluding carboxylic acids is 1. The standard InChI is InChI=1S/C14H18ClN3O2/c1-9-14(19)17(2)11-3-4-12(15)16-13(11)18(9)10-5-7-20-8-6-10/h3-4,9-10H,5-8H2,1-2H3/t9-/m1/s1. The molecule has 0 saturated carbocycles. The molecule has 1 fully saturated rings. The van der Waals surface area contributed by atoms with Crippen molar-refractivity contribution in [3.63, 3.8) is 0 Å². The van der Waals surface area contributed by atoms with Crippen LogP contribution in [0.25, 0.3) is 0 Å². The number of fused-ring (bicyclic) bond motifs is 1. The number of halogens is 1. The fraction of sp³-hybridized carbons (Fsp3) is 0.571. The van der Waals surface area contributed by atoms with Crippen LogP contribution in [0.3, 0.4) is 0 Å². The summed E-state index contributed by atoms with van der Waals surface area (Å²) < 4.78 is 5.42. The molecule has 1 aromatic heterocycles. The fourth-order valence-electron chi connectivity index (χ4n) is 3.02. The summed E-state index contributed by atoms with van der Waals surface area (Å²) in [6.07, 6.45) is 1.82. The minimum absolute atomic E-state index is 0.0908. The van der Waals surface area contributed by atoms with Crippen molar-refractivity contribution in [2.24, 2.45) is 0 Å². The fourth-order valence-corrected chi connectivity index (χ4v) is 3.17. The van der Waals surface area contributed by atoms with Gasteiger partial charge >= 0.3 is 0 Å². The molecule has 2 aliphatic rings. The van der Waals surface area contributed by atoms with Crippen LogP contribution in [0, 0.1) is 0 Å². The third-order valence-corrected chi connectivity index (χ3v) is 4.33. The van der Waals surface area contributed by atoms with Crippen molar-refractivity contribution in [1.29, 1.82) is 0 Å². The Hall–Kier alpha value is -1.33. The van der Waals surface area contributed by atoms with Gasteiger partial charge < -0.3 is 14.5 Å². The van der Waals surface area contributed by atoms with E-state index >= 15 is 0 Å². The second kappa shape index (κ2) is 5.22. The average Bonchev–Trinajstić information content (AvgIpc) is 2.46. The van der Waals surface area contributed by atoms with Gasteiger partial charge in [-0.3, -0.25) is 4.79 Å². The molecule has 1 atom stereocenters. The molecule has 2 aliphatic heterocycles. The lowest BCUT2D eigenvalue weighted by Crippen LogP contribution is -2.56. The van der Waals surface area contributed by atoms with E-state index in [-0.39, 0.29) is 18.0 Å². The molecule has 5 nitrogen and oxygen atoms in total. The van der Waals surface area contributed by atoms with Gasteiger partial charge in [0, 0.05) is 26.3 Å². The Labute approximate surface area is 123 Å². The van der Waals surface area contributed by atoms with Crippen LogP contribution < -0.4 is 9.80 Å². The van der Waals surface area contributed by atoms with E-state index in [1.54, 1.807) is 18.0 Å². The topological polar surface area (TPSA) is 45.7 Å². The van der Waals surface area contributed by atoms with Crippen molar-refractivity contribution in [1.82, 2.24) is 4.98 Å². The number of rotatable bonds is 1. The highest BCUT2D eigenvalue weighted by Gasteiger charge is 2.38. The van der Waals surface area contributed by atoms with Gasteiger partial charge in [-0.15, -0.1) is 0 Å². The van der Waals surface area contributed by atoms with E-state index in [1.165, 1.54) is 0 Å². The number of hydrogen-bond acceptors (Lipinski definition) is 4. The quantitative estimate of drug-likeness (QED) is 0.744. The van der Waals surface area contributed by atoms with Gasteiger partial charge in [-0.1, -0.05) is 11.6 Å². The van der Waals surface area contributed by atoms with E-state index in [1.807, 2.05) is 13.0 Å². The highest BCUT2D eigenvalue weighted by molar-refractivity contribution is 6.29. The van der Waals surface area contributed by atoms with E-state index in [2.05, 4.69) is 9.88 Å². The summed E-state index contributed by atoms with van der Waals surface area (Å²) in [5.74, 6) is 0.895. The van der Waals surface area contributed by atoms with Gasteiger partial charge in [0.15, 0.2) is 5.82 Å². The van der Waals surface area contributed by atoms with Crippen LogP contribution in [0.5, 0.6) is 0 Å². The van der Waals surface area contributed by atoms with E-state index in [4.69, 9.17) is 16.3 Å². The Kier molecular flexibility index (Phi) is 3.56. The first-order valence-electron chi connectivity index (χ1n) is 6.90. The average molecular weight is 296 g/mol. The largest absolute Gasteiger partial charge is 0.381 e. The maximum absolute atomic E-state index is 12.4. The number of anilines is 2. The summed E-state index contributed by atoms with van der Waals surface area (Å²) in [7, 11) is 1.79. The van der Waals surface area contributed by atoms with E-state index in [0.717, 1.165) is 37.6 Å². The SMILES string of the molecule is C[C@@H]1C(=O)N(C)c2ccc(Cl)nc2N1C1CCOCC1. The van der Waals surface area contributed by atoms with E-state index < -0.39 is 0 Å². The lowest BCUT2D eigenvalue weighted by Gasteiger charge is -2.44. The number of nitrogens with zero attached hydrogens (tertiary/aromatic N) is 3. The molecule has 1 amide bonds. The number of amides is 1. The first-order valence-corrected chi connectivity index (χ1v) is 7.27. The van der Waals surface area contributed by atoms with Crippen LogP contribution in [-0.4, -0.2) is 43.2 Å². The van der Waals surface area contributed by atoms with Crippen LogP contribution in [0.1, 0.15) is 19.8 Å². The van der Waals surface area contributed by atoms with Crippen molar-refractivity contribution < 1.29 is 9.53 Å². The van der Waals surface area contributed by atoms with E-state index in [0.29, 0.717) is 5.15 Å². The van der Waals surface area contributed by atoms with Gasteiger partial charge in [0.05, 0.1) is 5.69 Å². The summed E-state index contributed by atoms with van der Waals surface area (Å²) in [6, 6.07) is 3.64. The molecule has 0 aromatic carbocycles. The minimum Gasteiger partial charge on any atom is -0.381 e. The molecule has 108 valence electrons. The smallest absolute Gasteiger partial charge is 0.249 e. The molecule has 0 N–H and O–H groups in total. The second-order valence-corrected chi connectivity index (χ2v) is 5.69. The summed E-state index contributed by atoms with van der Waals surface area (Å²) in [4.78, 5) is 20.7. The predicted octanol–water partition coefficient (Wildman–Crippen LogP) is 2.09. The molecule has 1 aromatic rings. The van der Waals surface area contributed by atoms with Crippen LogP contribution in [0.4, 0.5) is 11.5 Å². The number of ether oxygens (including phenoxy) is 1. The normalized spacial score (nSPS) is 23.9. The Balaban J connectivity index is 2.05. The predicted molar refractivity (Wildman–Crippen MR) is 78.4 cm³/mol. The van der Waals surface area contributed by atoms with Gasteiger partial charge in [-0.2, -0.15) is 0 Å². The summed E-state index contributed by atoms with van der Waals surface area (Å²) in [5, 5.41) is 0.454. The molecule has 0 radical (unpaired) electrons. The van der Waals surface area contributed by atoms with Gasteiger partial charge in [-0.05, 0) is 31.9 Å². The molecule has 0 spiro atoms. The van der Waals surface area contributed by atoms with E-state index in [9.17, 15) is 4.79 Å². The molecule has 20 heavy (non-hydrogen) atoms. The van der Waals surface area contributed by atoms with Crippen molar-refractivity contribution in [3.05, 3.63) is 17.3 Å². The molecule has 0 aliphatic carbocycles. The Morgan fingerprint density at radius 2 is 2.05 bits per heavy atom. The summed E-state index contributed by atoms with van der Waals surface area (Å²) in [5.41, 5.74) is 0.823. The van der Waals surface area contributed by atoms with Crippen molar-refractivity contribution in [2.75, 3.05) is 30.1 Å². The summed E-state index contributed by atoms with van der Waals surface area (Å²) in [6.45, 7) is 3.39. The van der Waals surface area contributed by atoms with Crippen LogP contribution in [0.15, 0.2) is 12.1 Å². The molecule has 6 heteroatoms. The highest BCUT2D eigenvalue weighted by Crippen LogP contribution is 2.37. The zero-order chi connectivity index (χ0) is 14.3. The highest BCUT2D eigenvalue weighted by atomic mass is 35.5. The Bertz CT molecular complexity index is 531. The second-order valence-electron chi connectivity index (χ2n) is 5.30. The zero-order valence-electron chi connectivity index (χ0n) is 11.7. The molecular weight excluding hydrogens is 278 g/mol. The maximum atomic E-state index is 12.4. The first-order chi connectivity index (χ1) is 9.59. The molecule has 0 unspecified atom stereocenters. The maximum Gasteiger partial charge on any atom is 0.249 e. The Morgan fingerprint density at radius 1 is 1.35 bits per heavy atom.